The van der Waals surface area contributed by atoms with E-state index >= 15 is 0 Å². The molecule has 0 spiro atoms. The SMILES string of the molecule is CN1CCN2c3occc3NCC2C1. The summed E-state index contributed by atoms with van der Waals surface area (Å²) in [5, 5.41) is 3.40. The van der Waals surface area contributed by atoms with Gasteiger partial charge in [0.15, 0.2) is 0 Å². The number of nitrogens with one attached hydrogen (secondary N) is 1. The van der Waals surface area contributed by atoms with Gasteiger partial charge in [-0.05, 0) is 7.05 Å². The fraction of sp³-hybridized carbons (Fsp3) is 0.600. The number of rotatable bonds is 0. The quantitative estimate of drug-likeness (QED) is 0.661. The van der Waals surface area contributed by atoms with Crippen molar-refractivity contribution in [3.63, 3.8) is 0 Å². The fourth-order valence-corrected chi connectivity index (χ4v) is 2.34. The number of hydrogen-bond acceptors (Lipinski definition) is 4. The van der Waals surface area contributed by atoms with E-state index in [0.29, 0.717) is 6.04 Å². The molecule has 2 aliphatic rings. The standard InChI is InChI=1S/C10H15N3O/c1-12-3-4-13-8(7-12)6-11-9-2-5-14-10(9)13/h2,5,8,11H,3-4,6-7H2,1H3. The molecule has 14 heavy (non-hydrogen) atoms. The maximum atomic E-state index is 5.51. The summed E-state index contributed by atoms with van der Waals surface area (Å²) >= 11 is 0. The molecule has 1 atom stereocenters. The van der Waals surface area contributed by atoms with Gasteiger partial charge in [-0.15, -0.1) is 0 Å². The second kappa shape index (κ2) is 2.92. The molecule has 1 aromatic heterocycles. The number of nitrogens with zero attached hydrogens (tertiary/aromatic N) is 2. The van der Waals surface area contributed by atoms with Crippen LogP contribution in [0.2, 0.25) is 0 Å². The Bertz CT molecular complexity index is 336. The Hall–Kier alpha value is -1.16. The van der Waals surface area contributed by atoms with Crippen LogP contribution in [0.3, 0.4) is 0 Å². The summed E-state index contributed by atoms with van der Waals surface area (Å²) in [6.07, 6.45) is 1.76. The third-order valence-electron chi connectivity index (χ3n) is 3.12. The number of hydrogen-bond donors (Lipinski definition) is 1. The first-order valence-electron chi connectivity index (χ1n) is 5.11. The van der Waals surface area contributed by atoms with Crippen molar-refractivity contribution < 1.29 is 4.42 Å². The van der Waals surface area contributed by atoms with Crippen molar-refractivity contribution in [3.8, 4) is 0 Å². The van der Waals surface area contributed by atoms with Gasteiger partial charge in [-0.25, -0.2) is 0 Å². The van der Waals surface area contributed by atoms with Gasteiger partial charge in [0.05, 0.1) is 18.0 Å². The molecule has 0 saturated carbocycles. The molecule has 3 rings (SSSR count). The first-order chi connectivity index (χ1) is 6.84. The molecule has 1 aromatic rings. The molecule has 0 radical (unpaired) electrons. The molecule has 76 valence electrons. The highest BCUT2D eigenvalue weighted by Crippen LogP contribution is 2.33. The summed E-state index contributed by atoms with van der Waals surface area (Å²) in [6.45, 7) is 4.34. The van der Waals surface area contributed by atoms with Crippen molar-refractivity contribution in [2.75, 3.05) is 43.4 Å². The normalized spacial score (nSPS) is 26.6. The first kappa shape index (κ1) is 8.17. The Balaban J connectivity index is 1.91. The lowest BCUT2D eigenvalue weighted by Crippen LogP contribution is -2.56. The van der Waals surface area contributed by atoms with E-state index in [4.69, 9.17) is 4.42 Å². The summed E-state index contributed by atoms with van der Waals surface area (Å²) in [5.41, 5.74) is 1.14. The van der Waals surface area contributed by atoms with E-state index < -0.39 is 0 Å². The second-order valence-corrected chi connectivity index (χ2v) is 4.13. The number of piperazine rings is 1. The lowest BCUT2D eigenvalue weighted by molar-refractivity contribution is 0.262. The molecular formula is C10H15N3O. The Morgan fingerprint density at radius 3 is 3.36 bits per heavy atom. The molecule has 2 aliphatic heterocycles. The zero-order valence-electron chi connectivity index (χ0n) is 8.36. The number of likely N-dealkylation sites (N-methyl/N-ethyl adjacent to an activating group) is 1. The number of anilines is 2. The molecule has 0 aromatic carbocycles. The fourth-order valence-electron chi connectivity index (χ4n) is 2.34. The molecule has 0 amide bonds. The Morgan fingerprint density at radius 1 is 1.50 bits per heavy atom. The van der Waals surface area contributed by atoms with Crippen LogP contribution < -0.4 is 10.2 Å². The van der Waals surface area contributed by atoms with Crippen LogP contribution in [0.5, 0.6) is 0 Å². The van der Waals surface area contributed by atoms with Gasteiger partial charge in [0.25, 0.3) is 0 Å². The molecule has 4 heteroatoms. The Morgan fingerprint density at radius 2 is 2.43 bits per heavy atom. The van der Waals surface area contributed by atoms with Crippen molar-refractivity contribution in [3.05, 3.63) is 12.3 Å². The maximum Gasteiger partial charge on any atom is 0.219 e. The van der Waals surface area contributed by atoms with E-state index in [0.717, 1.165) is 37.8 Å². The van der Waals surface area contributed by atoms with Crippen LogP contribution >= 0.6 is 0 Å². The van der Waals surface area contributed by atoms with Crippen molar-refractivity contribution in [1.29, 1.82) is 0 Å². The van der Waals surface area contributed by atoms with Gasteiger partial charge in [-0.1, -0.05) is 0 Å². The van der Waals surface area contributed by atoms with E-state index in [1.54, 1.807) is 6.26 Å². The number of fused-ring (bicyclic) bond motifs is 3. The molecule has 0 aliphatic carbocycles. The minimum atomic E-state index is 0.562. The summed E-state index contributed by atoms with van der Waals surface area (Å²) in [4.78, 5) is 4.75. The van der Waals surface area contributed by atoms with Crippen LogP contribution in [0, 0.1) is 0 Å². The number of furan rings is 1. The molecular weight excluding hydrogens is 178 g/mol. The summed E-state index contributed by atoms with van der Waals surface area (Å²) in [7, 11) is 2.18. The first-order valence-corrected chi connectivity index (χ1v) is 5.11. The molecule has 1 unspecified atom stereocenters. The Labute approximate surface area is 83.5 Å². The van der Waals surface area contributed by atoms with Crippen molar-refractivity contribution >= 4 is 11.6 Å². The van der Waals surface area contributed by atoms with Gasteiger partial charge >= 0.3 is 0 Å². The van der Waals surface area contributed by atoms with Crippen molar-refractivity contribution in [1.82, 2.24) is 4.90 Å². The molecule has 1 N–H and O–H groups in total. The van der Waals surface area contributed by atoms with Gasteiger partial charge in [-0.2, -0.15) is 0 Å². The Kier molecular flexibility index (Phi) is 1.70. The van der Waals surface area contributed by atoms with Crippen molar-refractivity contribution in [2.24, 2.45) is 0 Å². The molecule has 3 heterocycles. The smallest absolute Gasteiger partial charge is 0.219 e. The summed E-state index contributed by atoms with van der Waals surface area (Å²) in [6, 6.07) is 2.57. The lowest BCUT2D eigenvalue weighted by Gasteiger charge is -2.43. The second-order valence-electron chi connectivity index (χ2n) is 4.13. The minimum absolute atomic E-state index is 0.562. The predicted octanol–water partition coefficient (Wildman–Crippen LogP) is 0.825. The van der Waals surface area contributed by atoms with Gasteiger partial charge in [0.1, 0.15) is 0 Å². The third kappa shape index (κ3) is 1.10. The topological polar surface area (TPSA) is 31.6 Å². The van der Waals surface area contributed by atoms with Crippen LogP contribution in [0.15, 0.2) is 16.7 Å². The molecule has 0 bridgehead atoms. The van der Waals surface area contributed by atoms with Gasteiger partial charge in [0.2, 0.25) is 5.88 Å². The van der Waals surface area contributed by atoms with E-state index in [1.807, 2.05) is 6.07 Å². The zero-order chi connectivity index (χ0) is 9.54. The monoisotopic (exact) mass is 193 g/mol. The van der Waals surface area contributed by atoms with Crippen LogP contribution in [-0.2, 0) is 0 Å². The highest BCUT2D eigenvalue weighted by atomic mass is 16.3. The van der Waals surface area contributed by atoms with Gasteiger partial charge in [-0.3, -0.25) is 0 Å². The summed E-state index contributed by atoms with van der Waals surface area (Å²) in [5.74, 6) is 1.02. The summed E-state index contributed by atoms with van der Waals surface area (Å²) < 4.78 is 5.51. The molecule has 1 saturated heterocycles. The van der Waals surface area contributed by atoms with Gasteiger partial charge in [0, 0.05) is 32.2 Å². The largest absolute Gasteiger partial charge is 0.447 e. The predicted molar refractivity (Wildman–Crippen MR) is 55.8 cm³/mol. The minimum Gasteiger partial charge on any atom is -0.447 e. The van der Waals surface area contributed by atoms with E-state index in [2.05, 4.69) is 22.2 Å². The average Bonchev–Trinajstić information content (AvgIpc) is 2.65. The van der Waals surface area contributed by atoms with Crippen LogP contribution in [0.1, 0.15) is 0 Å². The maximum absolute atomic E-state index is 5.51. The van der Waals surface area contributed by atoms with Crippen molar-refractivity contribution in [2.45, 2.75) is 6.04 Å². The van der Waals surface area contributed by atoms with Gasteiger partial charge < -0.3 is 19.5 Å². The zero-order valence-corrected chi connectivity index (χ0v) is 8.36. The van der Waals surface area contributed by atoms with E-state index in [9.17, 15) is 0 Å². The molecule has 1 fully saturated rings. The lowest BCUT2D eigenvalue weighted by atomic mass is 10.1. The van der Waals surface area contributed by atoms with E-state index in [-0.39, 0.29) is 0 Å². The highest BCUT2D eigenvalue weighted by Gasteiger charge is 2.32. The van der Waals surface area contributed by atoms with Crippen LogP contribution in [0.25, 0.3) is 0 Å². The third-order valence-corrected chi connectivity index (χ3v) is 3.12. The highest BCUT2D eigenvalue weighted by molar-refractivity contribution is 5.67. The van der Waals surface area contributed by atoms with Crippen LogP contribution in [0.4, 0.5) is 11.6 Å². The molecule has 4 nitrogen and oxygen atoms in total. The van der Waals surface area contributed by atoms with E-state index in [1.165, 1.54) is 0 Å². The average molecular weight is 193 g/mol. The van der Waals surface area contributed by atoms with Crippen LogP contribution in [-0.4, -0.2) is 44.2 Å².